The molecule has 6 heteroatoms. The smallest absolute Gasteiger partial charge is 0.276 e. The highest BCUT2D eigenvalue weighted by Crippen LogP contribution is 2.22. The van der Waals surface area contributed by atoms with E-state index in [-0.39, 0.29) is 12.0 Å². The first-order valence-corrected chi connectivity index (χ1v) is 8.84. The Morgan fingerprint density at radius 1 is 1.30 bits per heavy atom. The van der Waals surface area contributed by atoms with Gasteiger partial charge in [-0.15, -0.1) is 0 Å². The molecule has 0 radical (unpaired) electrons. The average molecular weight is 321 g/mol. The van der Waals surface area contributed by atoms with Gasteiger partial charge in [0.15, 0.2) is 11.5 Å². The SMILES string of the molecule is CCC1CCCCN1C(=O)c1cc(CN2CCC(O)CC2)on1. The van der Waals surface area contributed by atoms with Crippen LogP contribution in [0.4, 0.5) is 0 Å². The molecule has 1 aromatic rings. The zero-order chi connectivity index (χ0) is 16.2. The summed E-state index contributed by atoms with van der Waals surface area (Å²) in [5.41, 5.74) is 0.428. The van der Waals surface area contributed by atoms with Crippen molar-refractivity contribution in [2.45, 2.75) is 64.1 Å². The van der Waals surface area contributed by atoms with Gasteiger partial charge in [-0.1, -0.05) is 12.1 Å². The number of carbonyl (C=O) groups is 1. The van der Waals surface area contributed by atoms with E-state index in [1.807, 2.05) is 4.90 Å². The second kappa shape index (κ2) is 7.45. The van der Waals surface area contributed by atoms with Crippen LogP contribution in [0.5, 0.6) is 0 Å². The molecule has 1 N–H and O–H groups in total. The van der Waals surface area contributed by atoms with Gasteiger partial charge in [-0.3, -0.25) is 9.69 Å². The van der Waals surface area contributed by atoms with Crippen LogP contribution in [0.2, 0.25) is 0 Å². The van der Waals surface area contributed by atoms with Crippen LogP contribution in [-0.2, 0) is 6.54 Å². The van der Waals surface area contributed by atoms with Gasteiger partial charge in [0.2, 0.25) is 0 Å². The first-order valence-electron chi connectivity index (χ1n) is 8.84. The van der Waals surface area contributed by atoms with E-state index in [1.165, 1.54) is 6.42 Å². The van der Waals surface area contributed by atoms with Gasteiger partial charge in [-0.05, 0) is 38.5 Å². The van der Waals surface area contributed by atoms with Crippen molar-refractivity contribution in [1.29, 1.82) is 0 Å². The molecule has 0 spiro atoms. The first-order chi connectivity index (χ1) is 11.2. The molecule has 1 unspecified atom stereocenters. The fourth-order valence-corrected chi connectivity index (χ4v) is 3.63. The van der Waals surface area contributed by atoms with Crippen molar-refractivity contribution in [3.05, 3.63) is 17.5 Å². The summed E-state index contributed by atoms with van der Waals surface area (Å²) in [6.45, 7) is 5.33. The number of hydrogen-bond donors (Lipinski definition) is 1. The van der Waals surface area contributed by atoms with Gasteiger partial charge in [-0.2, -0.15) is 0 Å². The Hall–Kier alpha value is -1.40. The normalized spacial score (nSPS) is 24.1. The molecule has 2 fully saturated rings. The number of piperidine rings is 2. The van der Waals surface area contributed by atoms with E-state index in [0.717, 1.165) is 57.5 Å². The minimum absolute atomic E-state index is 0.000571. The predicted molar refractivity (Wildman–Crippen MR) is 86.0 cm³/mol. The molecule has 0 aliphatic carbocycles. The van der Waals surface area contributed by atoms with E-state index in [4.69, 9.17) is 4.52 Å². The molecular formula is C17H27N3O3. The molecular weight excluding hydrogens is 294 g/mol. The van der Waals surface area contributed by atoms with Gasteiger partial charge < -0.3 is 14.5 Å². The van der Waals surface area contributed by atoms with Crippen LogP contribution in [0.3, 0.4) is 0 Å². The van der Waals surface area contributed by atoms with Gasteiger partial charge in [0.1, 0.15) is 0 Å². The first kappa shape index (κ1) is 16.5. The second-order valence-electron chi connectivity index (χ2n) is 6.74. The molecule has 3 heterocycles. The van der Waals surface area contributed by atoms with Crippen molar-refractivity contribution in [3.8, 4) is 0 Å². The van der Waals surface area contributed by atoms with E-state index in [2.05, 4.69) is 17.0 Å². The lowest BCUT2D eigenvalue weighted by Crippen LogP contribution is -2.43. The number of aliphatic hydroxyl groups is 1. The number of aromatic nitrogens is 1. The van der Waals surface area contributed by atoms with E-state index in [9.17, 15) is 9.90 Å². The third kappa shape index (κ3) is 3.93. The van der Waals surface area contributed by atoms with Crippen LogP contribution in [0.25, 0.3) is 0 Å². The molecule has 2 aliphatic heterocycles. The molecule has 2 aliphatic rings. The zero-order valence-electron chi connectivity index (χ0n) is 13.9. The highest BCUT2D eigenvalue weighted by molar-refractivity contribution is 5.92. The number of rotatable bonds is 4. The molecule has 1 aromatic heterocycles. The van der Waals surface area contributed by atoms with Gasteiger partial charge in [0.05, 0.1) is 12.6 Å². The summed E-state index contributed by atoms with van der Waals surface area (Å²) < 4.78 is 5.37. The predicted octanol–water partition coefficient (Wildman–Crippen LogP) is 2.04. The van der Waals surface area contributed by atoms with Crippen LogP contribution in [0.15, 0.2) is 10.6 Å². The van der Waals surface area contributed by atoms with Crippen molar-refractivity contribution >= 4 is 5.91 Å². The maximum Gasteiger partial charge on any atom is 0.276 e. The third-order valence-electron chi connectivity index (χ3n) is 5.07. The summed E-state index contributed by atoms with van der Waals surface area (Å²) in [4.78, 5) is 16.9. The summed E-state index contributed by atoms with van der Waals surface area (Å²) in [6, 6.07) is 2.12. The fraction of sp³-hybridized carbons (Fsp3) is 0.765. The quantitative estimate of drug-likeness (QED) is 0.919. The molecule has 6 nitrogen and oxygen atoms in total. The lowest BCUT2D eigenvalue weighted by atomic mass is 9.99. The van der Waals surface area contributed by atoms with Crippen LogP contribution in [0.1, 0.15) is 61.7 Å². The highest BCUT2D eigenvalue weighted by Gasteiger charge is 2.28. The molecule has 1 amide bonds. The molecule has 128 valence electrons. The van der Waals surface area contributed by atoms with Gasteiger partial charge in [0.25, 0.3) is 5.91 Å². The monoisotopic (exact) mass is 321 g/mol. The van der Waals surface area contributed by atoms with Crippen molar-refractivity contribution in [1.82, 2.24) is 15.0 Å². The van der Waals surface area contributed by atoms with Crippen molar-refractivity contribution in [2.24, 2.45) is 0 Å². The summed E-state index contributed by atoms with van der Waals surface area (Å²) in [5, 5.41) is 13.5. The van der Waals surface area contributed by atoms with E-state index in [0.29, 0.717) is 18.3 Å². The van der Waals surface area contributed by atoms with Crippen LogP contribution in [0, 0.1) is 0 Å². The maximum absolute atomic E-state index is 12.7. The van der Waals surface area contributed by atoms with Crippen molar-refractivity contribution < 1.29 is 14.4 Å². The summed E-state index contributed by atoms with van der Waals surface area (Å²) >= 11 is 0. The van der Waals surface area contributed by atoms with Crippen molar-refractivity contribution in [2.75, 3.05) is 19.6 Å². The van der Waals surface area contributed by atoms with Gasteiger partial charge >= 0.3 is 0 Å². The summed E-state index contributed by atoms with van der Waals surface area (Å²) in [6.07, 6.45) is 5.77. The minimum atomic E-state index is -0.178. The molecule has 23 heavy (non-hydrogen) atoms. The Labute approximate surface area is 137 Å². The maximum atomic E-state index is 12.7. The van der Waals surface area contributed by atoms with E-state index < -0.39 is 0 Å². The fourth-order valence-electron chi connectivity index (χ4n) is 3.63. The number of hydrogen-bond acceptors (Lipinski definition) is 5. The molecule has 3 rings (SSSR count). The Morgan fingerprint density at radius 2 is 2.09 bits per heavy atom. The standard InChI is InChI=1S/C17H27N3O3/c1-2-13-5-3-4-8-20(13)17(22)16-11-15(23-18-16)12-19-9-6-14(21)7-10-19/h11,13-14,21H,2-10,12H2,1H3. The Balaban J connectivity index is 1.60. The number of carbonyl (C=O) groups excluding carboxylic acids is 1. The van der Waals surface area contributed by atoms with E-state index >= 15 is 0 Å². The zero-order valence-corrected chi connectivity index (χ0v) is 13.9. The van der Waals surface area contributed by atoms with Crippen LogP contribution < -0.4 is 0 Å². The number of aliphatic hydroxyl groups excluding tert-OH is 1. The van der Waals surface area contributed by atoms with Crippen LogP contribution >= 0.6 is 0 Å². The molecule has 0 bridgehead atoms. The third-order valence-corrected chi connectivity index (χ3v) is 5.07. The Bertz CT molecular complexity index is 523. The second-order valence-corrected chi connectivity index (χ2v) is 6.74. The summed E-state index contributed by atoms with van der Waals surface area (Å²) in [7, 11) is 0. The number of nitrogens with zero attached hydrogens (tertiary/aromatic N) is 3. The molecule has 1 atom stereocenters. The van der Waals surface area contributed by atoms with Crippen LogP contribution in [-0.4, -0.2) is 57.8 Å². The lowest BCUT2D eigenvalue weighted by Gasteiger charge is -2.34. The molecule has 0 saturated carbocycles. The Kier molecular flexibility index (Phi) is 5.33. The molecule has 0 aromatic carbocycles. The summed E-state index contributed by atoms with van der Waals surface area (Å²) in [5.74, 6) is 0.732. The number of amides is 1. The minimum Gasteiger partial charge on any atom is -0.393 e. The molecule has 2 saturated heterocycles. The average Bonchev–Trinajstić information content (AvgIpc) is 3.05. The van der Waals surface area contributed by atoms with Crippen molar-refractivity contribution in [3.63, 3.8) is 0 Å². The van der Waals surface area contributed by atoms with Gasteiger partial charge in [0, 0.05) is 31.7 Å². The van der Waals surface area contributed by atoms with Gasteiger partial charge in [-0.25, -0.2) is 0 Å². The lowest BCUT2D eigenvalue weighted by molar-refractivity contribution is 0.0596. The topological polar surface area (TPSA) is 69.8 Å². The van der Waals surface area contributed by atoms with E-state index in [1.54, 1.807) is 6.07 Å². The largest absolute Gasteiger partial charge is 0.393 e. The highest BCUT2D eigenvalue weighted by atomic mass is 16.5. The Morgan fingerprint density at radius 3 is 2.83 bits per heavy atom. The number of likely N-dealkylation sites (tertiary alicyclic amines) is 2.